The highest BCUT2D eigenvalue weighted by Gasteiger charge is 2.27. The number of hydrogen-bond acceptors (Lipinski definition) is 4. The first-order chi connectivity index (χ1) is 9.13. The Labute approximate surface area is 121 Å². The first-order valence-corrected chi connectivity index (χ1v) is 7.34. The number of rotatable bonds is 3. The summed E-state index contributed by atoms with van der Waals surface area (Å²) in [6.45, 7) is 0. The van der Waals surface area contributed by atoms with E-state index >= 15 is 0 Å². The van der Waals surface area contributed by atoms with E-state index in [4.69, 9.17) is 0 Å². The van der Waals surface area contributed by atoms with Gasteiger partial charge in [-0.1, -0.05) is 27.3 Å². The van der Waals surface area contributed by atoms with Gasteiger partial charge < -0.3 is 0 Å². The van der Waals surface area contributed by atoms with Gasteiger partial charge in [-0.15, -0.1) is 10.2 Å². The average Bonchev–Trinajstić information content (AvgIpc) is 3.10. The standard InChI is InChI=1S/C12H9BrFN3OS/c13-7-3-4-8(9(14)5-7)10(18)15-12-17-16-11(19-12)6-1-2-6/h3-6H,1-2H2,(H,15,17,18). The summed E-state index contributed by atoms with van der Waals surface area (Å²) in [6, 6.07) is 4.30. The molecule has 3 rings (SSSR count). The van der Waals surface area contributed by atoms with E-state index in [2.05, 4.69) is 31.4 Å². The quantitative estimate of drug-likeness (QED) is 0.928. The van der Waals surface area contributed by atoms with E-state index < -0.39 is 11.7 Å². The van der Waals surface area contributed by atoms with Crippen LogP contribution in [0.1, 0.15) is 34.1 Å². The van der Waals surface area contributed by atoms with Gasteiger partial charge in [-0.3, -0.25) is 10.1 Å². The Hall–Kier alpha value is -1.34. The minimum absolute atomic E-state index is 0.00799. The van der Waals surface area contributed by atoms with Crippen molar-refractivity contribution in [2.75, 3.05) is 5.32 Å². The second-order valence-electron chi connectivity index (χ2n) is 4.30. The molecule has 0 radical (unpaired) electrons. The van der Waals surface area contributed by atoms with E-state index in [1.165, 1.54) is 23.5 Å². The van der Waals surface area contributed by atoms with E-state index in [0.29, 0.717) is 15.5 Å². The van der Waals surface area contributed by atoms with Crippen molar-refractivity contribution in [2.45, 2.75) is 18.8 Å². The number of amides is 1. The number of hydrogen-bond donors (Lipinski definition) is 1. The Bertz CT molecular complexity index is 642. The zero-order valence-electron chi connectivity index (χ0n) is 9.69. The minimum atomic E-state index is -0.571. The molecular formula is C12H9BrFN3OS. The maximum Gasteiger partial charge on any atom is 0.260 e. The summed E-state index contributed by atoms with van der Waals surface area (Å²) in [4.78, 5) is 11.9. The van der Waals surface area contributed by atoms with Crippen molar-refractivity contribution in [2.24, 2.45) is 0 Å². The Morgan fingerprint density at radius 3 is 2.89 bits per heavy atom. The molecule has 1 aliphatic rings. The van der Waals surface area contributed by atoms with Gasteiger partial charge in [-0.2, -0.15) is 0 Å². The predicted octanol–water partition coefficient (Wildman–Crippen LogP) is 3.57. The van der Waals surface area contributed by atoms with E-state index in [-0.39, 0.29) is 5.56 Å². The van der Waals surface area contributed by atoms with Crippen LogP contribution in [0.5, 0.6) is 0 Å². The molecule has 1 fully saturated rings. The van der Waals surface area contributed by atoms with Crippen molar-refractivity contribution < 1.29 is 9.18 Å². The molecular weight excluding hydrogens is 333 g/mol. The van der Waals surface area contributed by atoms with Crippen molar-refractivity contribution in [3.05, 3.63) is 39.1 Å². The number of aromatic nitrogens is 2. The summed E-state index contributed by atoms with van der Waals surface area (Å²) in [6.07, 6.45) is 2.26. The van der Waals surface area contributed by atoms with E-state index in [9.17, 15) is 9.18 Å². The average molecular weight is 342 g/mol. The molecule has 2 aromatic rings. The number of nitrogens with one attached hydrogen (secondary N) is 1. The number of halogens is 2. The van der Waals surface area contributed by atoms with Gasteiger partial charge in [0.2, 0.25) is 5.13 Å². The minimum Gasteiger partial charge on any atom is -0.296 e. The first-order valence-electron chi connectivity index (χ1n) is 5.73. The topological polar surface area (TPSA) is 54.9 Å². The van der Waals surface area contributed by atoms with Crippen molar-refractivity contribution in [1.29, 1.82) is 0 Å². The fraction of sp³-hybridized carbons (Fsp3) is 0.250. The van der Waals surface area contributed by atoms with Crippen LogP contribution in [-0.2, 0) is 0 Å². The van der Waals surface area contributed by atoms with Crippen molar-refractivity contribution in [3.8, 4) is 0 Å². The van der Waals surface area contributed by atoms with Crippen molar-refractivity contribution in [1.82, 2.24) is 10.2 Å². The van der Waals surface area contributed by atoms with Crippen LogP contribution in [0.25, 0.3) is 0 Å². The summed E-state index contributed by atoms with van der Waals surface area (Å²) in [5, 5.41) is 11.8. The normalized spacial score (nSPS) is 14.4. The molecule has 98 valence electrons. The third kappa shape index (κ3) is 2.82. The van der Waals surface area contributed by atoms with Gasteiger partial charge in [0.25, 0.3) is 5.91 Å². The molecule has 0 spiro atoms. The summed E-state index contributed by atoms with van der Waals surface area (Å²) in [7, 11) is 0. The fourth-order valence-corrected chi connectivity index (χ4v) is 2.86. The predicted molar refractivity (Wildman–Crippen MR) is 73.9 cm³/mol. The van der Waals surface area contributed by atoms with Gasteiger partial charge in [0.05, 0.1) is 5.56 Å². The second kappa shape index (κ2) is 4.97. The van der Waals surface area contributed by atoms with E-state index in [1.807, 2.05) is 0 Å². The highest BCUT2D eigenvalue weighted by atomic mass is 79.9. The maximum absolute atomic E-state index is 13.6. The monoisotopic (exact) mass is 341 g/mol. The number of anilines is 1. The lowest BCUT2D eigenvalue weighted by Gasteiger charge is -2.02. The zero-order valence-corrected chi connectivity index (χ0v) is 12.1. The Balaban J connectivity index is 1.76. The zero-order chi connectivity index (χ0) is 13.4. The molecule has 0 bridgehead atoms. The lowest BCUT2D eigenvalue weighted by molar-refractivity contribution is 0.102. The first kappa shape index (κ1) is 12.7. The lowest BCUT2D eigenvalue weighted by Crippen LogP contribution is -2.13. The van der Waals surface area contributed by atoms with Gasteiger partial charge in [0, 0.05) is 10.4 Å². The summed E-state index contributed by atoms with van der Waals surface area (Å²) >= 11 is 4.50. The molecule has 1 heterocycles. The Kier molecular flexibility index (Phi) is 3.32. The summed E-state index contributed by atoms with van der Waals surface area (Å²) < 4.78 is 14.2. The molecule has 1 aliphatic carbocycles. The molecule has 1 saturated carbocycles. The molecule has 4 nitrogen and oxygen atoms in total. The summed E-state index contributed by atoms with van der Waals surface area (Å²) in [5.41, 5.74) is -0.00799. The van der Waals surface area contributed by atoms with Gasteiger partial charge in [0.15, 0.2) is 0 Å². The summed E-state index contributed by atoms with van der Waals surface area (Å²) in [5.74, 6) is -0.588. The highest BCUT2D eigenvalue weighted by Crippen LogP contribution is 2.42. The molecule has 1 aromatic heterocycles. The molecule has 0 saturated heterocycles. The Morgan fingerprint density at radius 2 is 2.21 bits per heavy atom. The van der Waals surface area contributed by atoms with E-state index in [0.717, 1.165) is 17.8 Å². The fourth-order valence-electron chi connectivity index (χ4n) is 1.62. The third-order valence-corrected chi connectivity index (χ3v) is 4.26. The number of benzene rings is 1. The van der Waals surface area contributed by atoms with Crippen LogP contribution in [0.2, 0.25) is 0 Å². The van der Waals surface area contributed by atoms with Gasteiger partial charge in [0.1, 0.15) is 10.8 Å². The van der Waals surface area contributed by atoms with Crippen molar-refractivity contribution >= 4 is 38.3 Å². The van der Waals surface area contributed by atoms with E-state index in [1.54, 1.807) is 6.07 Å². The lowest BCUT2D eigenvalue weighted by atomic mass is 10.2. The van der Waals surface area contributed by atoms with Crippen LogP contribution < -0.4 is 5.32 Å². The van der Waals surface area contributed by atoms with Gasteiger partial charge >= 0.3 is 0 Å². The number of nitrogens with zero attached hydrogens (tertiary/aromatic N) is 2. The van der Waals surface area contributed by atoms with Crippen molar-refractivity contribution in [3.63, 3.8) is 0 Å². The second-order valence-corrected chi connectivity index (χ2v) is 6.22. The molecule has 1 aromatic carbocycles. The molecule has 0 unspecified atom stereocenters. The SMILES string of the molecule is O=C(Nc1nnc(C2CC2)s1)c1ccc(Br)cc1F. The molecule has 1 N–H and O–H groups in total. The van der Waals surface area contributed by atoms with Crippen LogP contribution in [0.15, 0.2) is 22.7 Å². The van der Waals surface area contributed by atoms with Crippen LogP contribution in [0.4, 0.5) is 9.52 Å². The largest absolute Gasteiger partial charge is 0.296 e. The molecule has 19 heavy (non-hydrogen) atoms. The van der Waals surface area contributed by atoms with Crippen LogP contribution in [-0.4, -0.2) is 16.1 Å². The molecule has 1 amide bonds. The number of carbonyl (C=O) groups excluding carboxylic acids is 1. The maximum atomic E-state index is 13.6. The highest BCUT2D eigenvalue weighted by molar-refractivity contribution is 9.10. The Morgan fingerprint density at radius 1 is 1.42 bits per heavy atom. The molecule has 0 aliphatic heterocycles. The number of carbonyl (C=O) groups is 1. The molecule has 0 atom stereocenters. The van der Waals surface area contributed by atoms with Gasteiger partial charge in [-0.05, 0) is 31.0 Å². The third-order valence-electron chi connectivity index (χ3n) is 2.76. The van der Waals surface area contributed by atoms with Crippen LogP contribution in [0.3, 0.4) is 0 Å². The van der Waals surface area contributed by atoms with Gasteiger partial charge in [-0.25, -0.2) is 4.39 Å². The molecule has 7 heteroatoms. The van der Waals surface area contributed by atoms with Crippen LogP contribution >= 0.6 is 27.3 Å². The van der Waals surface area contributed by atoms with Crippen LogP contribution in [0, 0.1) is 5.82 Å². The smallest absolute Gasteiger partial charge is 0.260 e.